The first-order valence-corrected chi connectivity index (χ1v) is 8.49. The normalized spacial score (nSPS) is 10.6. The Morgan fingerprint density at radius 1 is 0.963 bits per heavy atom. The van der Waals surface area contributed by atoms with Crippen LogP contribution in [0.15, 0.2) is 83.9 Å². The molecule has 136 valence electrons. The smallest absolute Gasteiger partial charge is 0.262 e. The van der Waals surface area contributed by atoms with Crippen LogP contribution in [0.4, 0.5) is 11.4 Å². The minimum absolute atomic E-state index is 0.108. The first kappa shape index (κ1) is 18.2. The molecule has 0 aliphatic rings. The van der Waals surface area contributed by atoms with Crippen LogP contribution in [-0.4, -0.2) is 25.8 Å². The van der Waals surface area contributed by atoms with Crippen LogP contribution in [0.3, 0.4) is 0 Å². The number of carbonyl (C=O) groups is 1. The lowest BCUT2D eigenvalue weighted by Crippen LogP contribution is -2.20. The lowest BCUT2D eigenvalue weighted by molar-refractivity contribution is -0.118. The largest absolute Gasteiger partial charge is 0.493 e. The predicted molar refractivity (Wildman–Crippen MR) is 107 cm³/mol. The Bertz CT molecular complexity index is 909. The number of para-hydroxylation sites is 2. The standard InChI is InChI=1S/C22H20N2O3/c1-26-21-14-17(15-23-18-8-4-2-5-9-18)12-13-20(21)27-16-22(25)24-19-10-6-3-7-11-19/h2-15H,16H2,1H3,(H,24,25). The van der Waals surface area contributed by atoms with Crippen molar-refractivity contribution in [3.63, 3.8) is 0 Å². The SMILES string of the molecule is COc1cc(C=Nc2ccccc2)ccc1OCC(=O)Nc1ccccc1. The number of carbonyl (C=O) groups excluding carboxylic acids is 1. The van der Waals surface area contributed by atoms with Gasteiger partial charge in [-0.1, -0.05) is 36.4 Å². The maximum Gasteiger partial charge on any atom is 0.262 e. The second kappa shape index (κ2) is 9.20. The Labute approximate surface area is 158 Å². The second-order valence-electron chi connectivity index (χ2n) is 5.71. The van der Waals surface area contributed by atoms with Crippen LogP contribution in [0.2, 0.25) is 0 Å². The Morgan fingerprint density at radius 3 is 2.37 bits per heavy atom. The number of hydrogen-bond acceptors (Lipinski definition) is 4. The fourth-order valence-corrected chi connectivity index (χ4v) is 2.41. The zero-order chi connectivity index (χ0) is 18.9. The van der Waals surface area contributed by atoms with E-state index in [4.69, 9.17) is 9.47 Å². The summed E-state index contributed by atoms with van der Waals surface area (Å²) in [6.45, 7) is -0.108. The molecule has 0 unspecified atom stereocenters. The highest BCUT2D eigenvalue weighted by Crippen LogP contribution is 2.27. The Balaban J connectivity index is 1.62. The zero-order valence-electron chi connectivity index (χ0n) is 15.0. The van der Waals surface area contributed by atoms with E-state index in [0.29, 0.717) is 11.5 Å². The lowest BCUT2D eigenvalue weighted by atomic mass is 10.2. The van der Waals surface area contributed by atoms with Gasteiger partial charge in [-0.3, -0.25) is 9.79 Å². The summed E-state index contributed by atoms with van der Waals surface area (Å²) >= 11 is 0. The van der Waals surface area contributed by atoms with Gasteiger partial charge in [0.2, 0.25) is 0 Å². The minimum Gasteiger partial charge on any atom is -0.493 e. The molecule has 3 aromatic carbocycles. The molecule has 0 fully saturated rings. The molecule has 0 spiro atoms. The monoisotopic (exact) mass is 360 g/mol. The van der Waals surface area contributed by atoms with E-state index < -0.39 is 0 Å². The fraction of sp³-hybridized carbons (Fsp3) is 0.0909. The number of hydrogen-bond donors (Lipinski definition) is 1. The first-order valence-electron chi connectivity index (χ1n) is 8.49. The molecule has 0 saturated carbocycles. The third-order valence-electron chi connectivity index (χ3n) is 3.72. The molecule has 0 aliphatic heterocycles. The predicted octanol–water partition coefficient (Wildman–Crippen LogP) is 4.46. The molecule has 0 aromatic heterocycles. The highest BCUT2D eigenvalue weighted by atomic mass is 16.5. The van der Waals surface area contributed by atoms with Gasteiger partial charge in [-0.2, -0.15) is 0 Å². The number of aliphatic imine (C=N–C) groups is 1. The molecule has 3 aromatic rings. The molecular weight excluding hydrogens is 340 g/mol. The summed E-state index contributed by atoms with van der Waals surface area (Å²) in [7, 11) is 1.56. The number of benzene rings is 3. The average Bonchev–Trinajstić information content (AvgIpc) is 2.72. The average molecular weight is 360 g/mol. The van der Waals surface area contributed by atoms with Gasteiger partial charge in [-0.25, -0.2) is 0 Å². The molecule has 1 amide bonds. The van der Waals surface area contributed by atoms with Crippen molar-refractivity contribution in [3.8, 4) is 11.5 Å². The van der Waals surface area contributed by atoms with Gasteiger partial charge in [0, 0.05) is 11.9 Å². The van der Waals surface area contributed by atoms with Gasteiger partial charge in [0.1, 0.15) is 0 Å². The maximum atomic E-state index is 12.0. The number of methoxy groups -OCH3 is 1. The van der Waals surface area contributed by atoms with E-state index >= 15 is 0 Å². The van der Waals surface area contributed by atoms with Crippen molar-refractivity contribution in [1.29, 1.82) is 0 Å². The van der Waals surface area contributed by atoms with Gasteiger partial charge in [-0.15, -0.1) is 0 Å². The Kier molecular flexibility index (Phi) is 6.20. The number of nitrogens with zero attached hydrogens (tertiary/aromatic N) is 1. The second-order valence-corrected chi connectivity index (χ2v) is 5.71. The zero-order valence-corrected chi connectivity index (χ0v) is 15.0. The summed E-state index contributed by atoms with van der Waals surface area (Å²) in [5.74, 6) is 0.801. The van der Waals surface area contributed by atoms with Gasteiger partial charge in [0.25, 0.3) is 5.91 Å². The van der Waals surface area contributed by atoms with Gasteiger partial charge in [0.15, 0.2) is 18.1 Å². The minimum atomic E-state index is -0.238. The number of rotatable bonds is 7. The van der Waals surface area contributed by atoms with Crippen molar-refractivity contribution in [2.75, 3.05) is 19.0 Å². The summed E-state index contributed by atoms with van der Waals surface area (Å²) in [5, 5.41) is 2.77. The molecule has 0 radical (unpaired) electrons. The van der Waals surface area contributed by atoms with Crippen molar-refractivity contribution in [2.24, 2.45) is 4.99 Å². The Morgan fingerprint density at radius 2 is 1.67 bits per heavy atom. The molecule has 3 rings (SSSR count). The van der Waals surface area contributed by atoms with Crippen molar-refractivity contribution in [1.82, 2.24) is 0 Å². The topological polar surface area (TPSA) is 59.9 Å². The summed E-state index contributed by atoms with van der Waals surface area (Å²) in [6.07, 6.45) is 1.75. The quantitative estimate of drug-likeness (QED) is 0.633. The van der Waals surface area contributed by atoms with Gasteiger partial charge >= 0.3 is 0 Å². The van der Waals surface area contributed by atoms with Crippen LogP contribution in [0.5, 0.6) is 11.5 Å². The van der Waals surface area contributed by atoms with Crippen LogP contribution in [0.1, 0.15) is 5.56 Å². The van der Waals surface area contributed by atoms with Crippen LogP contribution >= 0.6 is 0 Å². The maximum absolute atomic E-state index is 12.0. The summed E-state index contributed by atoms with van der Waals surface area (Å²) in [6, 6.07) is 24.4. The van der Waals surface area contributed by atoms with E-state index in [2.05, 4.69) is 10.3 Å². The third-order valence-corrected chi connectivity index (χ3v) is 3.72. The fourth-order valence-electron chi connectivity index (χ4n) is 2.41. The van der Waals surface area contributed by atoms with E-state index in [1.807, 2.05) is 72.8 Å². The molecular formula is C22H20N2O3. The number of nitrogens with one attached hydrogen (secondary N) is 1. The van der Waals surface area contributed by atoms with Crippen molar-refractivity contribution in [3.05, 3.63) is 84.4 Å². The van der Waals surface area contributed by atoms with Crippen LogP contribution in [0.25, 0.3) is 0 Å². The van der Waals surface area contributed by atoms with E-state index in [1.54, 1.807) is 19.4 Å². The van der Waals surface area contributed by atoms with Crippen LogP contribution < -0.4 is 14.8 Å². The summed E-state index contributed by atoms with van der Waals surface area (Å²) in [4.78, 5) is 16.4. The van der Waals surface area contributed by atoms with E-state index in [-0.39, 0.29) is 12.5 Å². The Hall–Kier alpha value is -3.60. The molecule has 0 saturated heterocycles. The molecule has 0 heterocycles. The van der Waals surface area contributed by atoms with Crippen molar-refractivity contribution >= 4 is 23.5 Å². The lowest BCUT2D eigenvalue weighted by Gasteiger charge is -2.11. The van der Waals surface area contributed by atoms with E-state index in [9.17, 15) is 4.79 Å². The highest BCUT2D eigenvalue weighted by molar-refractivity contribution is 5.91. The van der Waals surface area contributed by atoms with Crippen molar-refractivity contribution < 1.29 is 14.3 Å². The van der Waals surface area contributed by atoms with Gasteiger partial charge < -0.3 is 14.8 Å². The van der Waals surface area contributed by atoms with Crippen LogP contribution in [0, 0.1) is 0 Å². The molecule has 0 atom stereocenters. The van der Waals surface area contributed by atoms with E-state index in [0.717, 1.165) is 16.9 Å². The molecule has 0 bridgehead atoms. The molecule has 27 heavy (non-hydrogen) atoms. The van der Waals surface area contributed by atoms with Crippen molar-refractivity contribution in [2.45, 2.75) is 0 Å². The van der Waals surface area contributed by atoms with Gasteiger partial charge in [0.05, 0.1) is 12.8 Å². The number of anilines is 1. The van der Waals surface area contributed by atoms with Crippen LogP contribution in [-0.2, 0) is 4.79 Å². The molecule has 1 N–H and O–H groups in total. The summed E-state index contributed by atoms with van der Waals surface area (Å²) < 4.78 is 11.0. The number of ether oxygens (including phenoxy) is 2. The highest BCUT2D eigenvalue weighted by Gasteiger charge is 2.08. The van der Waals surface area contributed by atoms with Gasteiger partial charge in [-0.05, 0) is 48.0 Å². The summed E-state index contributed by atoms with van der Waals surface area (Å²) in [5.41, 5.74) is 2.47. The third kappa shape index (κ3) is 5.44. The molecule has 5 heteroatoms. The van der Waals surface area contributed by atoms with E-state index in [1.165, 1.54) is 0 Å². The molecule has 5 nitrogen and oxygen atoms in total. The molecule has 0 aliphatic carbocycles. The number of amides is 1. The first-order chi connectivity index (χ1) is 13.2.